The molecule has 5 nitrogen and oxygen atoms in total. The van der Waals surface area contributed by atoms with Crippen LogP contribution in [-0.2, 0) is 0 Å². The molecule has 0 radical (unpaired) electrons. The van der Waals surface area contributed by atoms with Gasteiger partial charge in [-0.05, 0) is 18.8 Å². The molecule has 0 amide bonds. The predicted molar refractivity (Wildman–Crippen MR) is 47.6 cm³/mol. The van der Waals surface area contributed by atoms with Crippen molar-refractivity contribution in [2.75, 3.05) is 11.9 Å². The minimum absolute atomic E-state index is 0. The third kappa shape index (κ3) is 3.54. The summed E-state index contributed by atoms with van der Waals surface area (Å²) in [7, 11) is 0. The molecule has 0 bridgehead atoms. The van der Waals surface area contributed by atoms with Gasteiger partial charge >= 0.3 is 18.9 Å². The summed E-state index contributed by atoms with van der Waals surface area (Å²) in [5.74, 6) is -0.0416. The summed E-state index contributed by atoms with van der Waals surface area (Å²) >= 11 is 0. The topological polar surface area (TPSA) is 77.9 Å². The molecule has 1 aliphatic rings. The van der Waals surface area contributed by atoms with Gasteiger partial charge in [0.1, 0.15) is 0 Å². The molecule has 15 heavy (non-hydrogen) atoms. The molecule has 0 unspecified atom stereocenters. The van der Waals surface area contributed by atoms with Gasteiger partial charge in [-0.15, -0.1) is 0 Å². The van der Waals surface area contributed by atoms with E-state index < -0.39 is 5.97 Å². The average Bonchev–Trinajstić information content (AvgIpc) is 2.99. The van der Waals surface area contributed by atoms with Crippen LogP contribution < -0.4 is 29.3 Å². The average molecular weight is 199 g/mol. The minimum Gasteiger partial charge on any atom is -0.545 e. The van der Waals surface area contributed by atoms with E-state index in [1.165, 1.54) is 25.2 Å². The molecule has 1 heterocycles. The molecule has 0 aliphatic heterocycles. The summed E-state index contributed by atoms with van der Waals surface area (Å²) in [6, 6.07) is 0. The third-order valence-corrected chi connectivity index (χ3v) is 2.13. The van der Waals surface area contributed by atoms with Crippen LogP contribution in [0.25, 0.3) is 0 Å². The molecule has 1 N–H and O–H groups in total. The zero-order valence-corrected chi connectivity index (χ0v) is 8.56. The maximum Gasteiger partial charge on any atom is 1.00 e. The molecular formula is C9H10LiN3O2. The fraction of sp³-hybridized carbons (Fsp3) is 0.444. The Balaban J connectivity index is 0.00000112. The van der Waals surface area contributed by atoms with Crippen molar-refractivity contribution in [3.63, 3.8) is 0 Å². The number of hydrogen-bond donors (Lipinski definition) is 1. The third-order valence-electron chi connectivity index (χ3n) is 2.13. The summed E-state index contributed by atoms with van der Waals surface area (Å²) in [6.07, 6.45) is 5.00. The monoisotopic (exact) mass is 199 g/mol. The number of carboxylic acid groups (broad SMARTS) is 1. The van der Waals surface area contributed by atoms with Crippen molar-refractivity contribution in [1.29, 1.82) is 0 Å². The van der Waals surface area contributed by atoms with Crippen LogP contribution in [0.1, 0.15) is 23.2 Å². The van der Waals surface area contributed by atoms with Gasteiger partial charge in [-0.1, -0.05) is 0 Å². The molecule has 1 saturated carbocycles. The molecule has 1 aliphatic carbocycles. The predicted octanol–water partition coefficient (Wildman–Crippen LogP) is -3.33. The molecule has 2 rings (SSSR count). The van der Waals surface area contributed by atoms with Gasteiger partial charge in [-0.3, -0.25) is 0 Å². The van der Waals surface area contributed by atoms with Gasteiger partial charge in [0.15, 0.2) is 0 Å². The number of carbonyl (C=O) groups excluding carboxylic acids is 1. The molecule has 74 valence electrons. The van der Waals surface area contributed by atoms with Crippen LogP contribution in [0.5, 0.6) is 0 Å². The quantitative estimate of drug-likeness (QED) is 0.513. The van der Waals surface area contributed by atoms with Crippen LogP contribution in [-0.4, -0.2) is 22.5 Å². The van der Waals surface area contributed by atoms with Gasteiger partial charge < -0.3 is 15.2 Å². The first-order valence-electron chi connectivity index (χ1n) is 4.53. The van der Waals surface area contributed by atoms with Crippen LogP contribution in [0.15, 0.2) is 12.4 Å². The molecule has 0 atom stereocenters. The van der Waals surface area contributed by atoms with Gasteiger partial charge in [0.25, 0.3) is 0 Å². The van der Waals surface area contributed by atoms with E-state index in [-0.39, 0.29) is 24.4 Å². The normalized spacial score (nSPS) is 14.1. The number of carboxylic acids is 1. The molecule has 0 saturated heterocycles. The smallest absolute Gasteiger partial charge is 0.545 e. The summed E-state index contributed by atoms with van der Waals surface area (Å²) in [5.41, 5.74) is 0.00183. The second-order valence-corrected chi connectivity index (χ2v) is 3.41. The minimum atomic E-state index is -1.25. The van der Waals surface area contributed by atoms with E-state index in [0.29, 0.717) is 5.95 Å². The first-order valence-corrected chi connectivity index (χ1v) is 4.53. The van der Waals surface area contributed by atoms with Crippen molar-refractivity contribution in [1.82, 2.24) is 9.97 Å². The summed E-state index contributed by atoms with van der Waals surface area (Å²) in [4.78, 5) is 18.1. The summed E-state index contributed by atoms with van der Waals surface area (Å²) in [6.45, 7) is 0.866. The molecule has 1 aromatic heterocycles. The van der Waals surface area contributed by atoms with Crippen molar-refractivity contribution in [3.8, 4) is 0 Å². The van der Waals surface area contributed by atoms with E-state index >= 15 is 0 Å². The first kappa shape index (κ1) is 12.0. The maximum absolute atomic E-state index is 10.4. The van der Waals surface area contributed by atoms with Crippen LogP contribution >= 0.6 is 0 Å². The number of aromatic carboxylic acids is 1. The fourth-order valence-electron chi connectivity index (χ4n) is 1.08. The largest absolute Gasteiger partial charge is 1.00 e. The fourth-order valence-corrected chi connectivity index (χ4v) is 1.08. The van der Waals surface area contributed by atoms with Gasteiger partial charge in [-0.25, -0.2) is 9.97 Å². The van der Waals surface area contributed by atoms with Crippen molar-refractivity contribution in [3.05, 3.63) is 18.0 Å². The number of anilines is 1. The maximum atomic E-state index is 10.4. The standard InChI is InChI=1S/C9H11N3O2.Li/c13-8(14)7-4-11-9(12-5-7)10-3-6-1-2-6;/h4-6H,1-3H2,(H,13,14)(H,10,11,12);/q;+1/p-1. The van der Waals surface area contributed by atoms with Gasteiger partial charge in [0, 0.05) is 24.5 Å². The van der Waals surface area contributed by atoms with Gasteiger partial charge in [0.2, 0.25) is 5.95 Å². The van der Waals surface area contributed by atoms with Crippen LogP contribution in [0.2, 0.25) is 0 Å². The van der Waals surface area contributed by atoms with Crippen molar-refractivity contribution in [2.45, 2.75) is 12.8 Å². The van der Waals surface area contributed by atoms with Crippen molar-refractivity contribution in [2.24, 2.45) is 5.92 Å². The Hall–Kier alpha value is -1.05. The van der Waals surface area contributed by atoms with Crippen molar-refractivity contribution >= 4 is 11.9 Å². The van der Waals surface area contributed by atoms with E-state index in [1.807, 2.05) is 0 Å². The van der Waals surface area contributed by atoms with E-state index in [2.05, 4.69) is 15.3 Å². The SMILES string of the molecule is O=C([O-])c1cnc(NCC2CC2)nc1.[Li+]. The number of nitrogens with zero attached hydrogens (tertiary/aromatic N) is 2. The van der Waals surface area contributed by atoms with Crippen LogP contribution in [0.3, 0.4) is 0 Å². The van der Waals surface area contributed by atoms with Crippen molar-refractivity contribution < 1.29 is 28.8 Å². The molecule has 1 aromatic rings. The second kappa shape index (κ2) is 5.15. The Labute approximate surface area is 99.5 Å². The molecule has 6 heteroatoms. The number of nitrogens with one attached hydrogen (secondary N) is 1. The number of carbonyl (C=O) groups is 1. The van der Waals surface area contributed by atoms with Gasteiger partial charge in [-0.2, -0.15) is 0 Å². The summed E-state index contributed by atoms with van der Waals surface area (Å²) in [5, 5.41) is 13.4. The summed E-state index contributed by atoms with van der Waals surface area (Å²) < 4.78 is 0. The Morgan fingerprint density at radius 3 is 2.53 bits per heavy atom. The van der Waals surface area contributed by atoms with E-state index in [9.17, 15) is 9.90 Å². The van der Waals surface area contributed by atoms with Gasteiger partial charge in [0.05, 0.1) is 5.97 Å². The van der Waals surface area contributed by atoms with E-state index in [1.54, 1.807) is 0 Å². The van der Waals surface area contributed by atoms with Crippen LogP contribution in [0, 0.1) is 5.92 Å². The molecule has 0 spiro atoms. The zero-order chi connectivity index (χ0) is 9.97. The van der Waals surface area contributed by atoms with Crippen LogP contribution in [0.4, 0.5) is 5.95 Å². The Kier molecular flexibility index (Phi) is 4.12. The Morgan fingerprint density at radius 1 is 1.47 bits per heavy atom. The van der Waals surface area contributed by atoms with E-state index in [0.717, 1.165) is 12.5 Å². The number of hydrogen-bond acceptors (Lipinski definition) is 5. The molecule has 0 aromatic carbocycles. The number of aromatic nitrogens is 2. The first-order chi connectivity index (χ1) is 6.75. The number of rotatable bonds is 4. The Bertz CT molecular complexity index is 338. The Morgan fingerprint density at radius 2 is 2.07 bits per heavy atom. The second-order valence-electron chi connectivity index (χ2n) is 3.41. The van der Waals surface area contributed by atoms with E-state index in [4.69, 9.17) is 0 Å². The molecular weight excluding hydrogens is 189 g/mol. The zero-order valence-electron chi connectivity index (χ0n) is 8.56. The molecule has 1 fully saturated rings.